The molecule has 1 heterocycles. The summed E-state index contributed by atoms with van der Waals surface area (Å²) in [5, 5.41) is 5.66. The predicted octanol–water partition coefficient (Wildman–Crippen LogP) is 2.51. The quantitative estimate of drug-likeness (QED) is 0.758. The molecule has 128 valence electrons. The number of carbonyl (C=O) groups is 2. The van der Waals surface area contributed by atoms with Gasteiger partial charge >= 0.3 is 6.03 Å². The van der Waals surface area contributed by atoms with Crippen LogP contribution in [-0.2, 0) is 11.3 Å². The lowest BCUT2D eigenvalue weighted by molar-refractivity contribution is -0.122. The predicted molar refractivity (Wildman–Crippen MR) is 87.8 cm³/mol. The van der Waals surface area contributed by atoms with Crippen molar-refractivity contribution >= 4 is 11.9 Å². The van der Waals surface area contributed by atoms with Gasteiger partial charge in [-0.3, -0.25) is 4.79 Å². The second kappa shape index (κ2) is 9.22. The molecule has 0 aromatic carbocycles. The zero-order valence-electron chi connectivity index (χ0n) is 13.8. The van der Waals surface area contributed by atoms with Crippen LogP contribution in [0.1, 0.15) is 44.3 Å². The molecule has 0 bridgehead atoms. The van der Waals surface area contributed by atoms with E-state index in [0.717, 1.165) is 5.76 Å². The van der Waals surface area contributed by atoms with Crippen LogP contribution in [0.4, 0.5) is 4.79 Å². The van der Waals surface area contributed by atoms with Crippen LogP contribution in [0.15, 0.2) is 22.8 Å². The number of nitrogens with zero attached hydrogens (tertiary/aromatic N) is 1. The van der Waals surface area contributed by atoms with Crippen molar-refractivity contribution in [1.29, 1.82) is 0 Å². The van der Waals surface area contributed by atoms with Gasteiger partial charge in [0.05, 0.1) is 12.8 Å². The Morgan fingerprint density at radius 3 is 2.65 bits per heavy atom. The van der Waals surface area contributed by atoms with Crippen LogP contribution in [-0.4, -0.2) is 37.0 Å². The number of hydrogen-bond donors (Lipinski definition) is 2. The minimum Gasteiger partial charge on any atom is -0.467 e. The topological polar surface area (TPSA) is 74.6 Å². The Kier molecular flexibility index (Phi) is 6.97. The number of furan rings is 1. The van der Waals surface area contributed by atoms with Gasteiger partial charge in [0.15, 0.2) is 0 Å². The number of nitrogens with one attached hydrogen (secondary N) is 2. The molecule has 3 amide bonds. The summed E-state index contributed by atoms with van der Waals surface area (Å²) in [6.45, 7) is 1.32. The van der Waals surface area contributed by atoms with Crippen LogP contribution < -0.4 is 10.6 Å². The van der Waals surface area contributed by atoms with E-state index in [4.69, 9.17) is 4.42 Å². The van der Waals surface area contributed by atoms with Crippen LogP contribution in [0.25, 0.3) is 0 Å². The van der Waals surface area contributed by atoms with E-state index in [1.807, 2.05) is 6.07 Å². The fraction of sp³-hybridized carbons (Fsp3) is 0.647. The maximum Gasteiger partial charge on any atom is 0.317 e. The Hall–Kier alpha value is -1.98. The molecule has 1 fully saturated rings. The Bertz CT molecular complexity index is 481. The number of urea groups is 1. The molecule has 1 saturated carbocycles. The maximum absolute atomic E-state index is 11.9. The molecule has 6 heteroatoms. The summed E-state index contributed by atoms with van der Waals surface area (Å²) < 4.78 is 5.20. The van der Waals surface area contributed by atoms with Gasteiger partial charge in [-0.1, -0.05) is 19.3 Å². The van der Waals surface area contributed by atoms with Crippen molar-refractivity contribution in [2.24, 2.45) is 5.92 Å². The second-order valence-corrected chi connectivity index (χ2v) is 6.23. The van der Waals surface area contributed by atoms with Crippen molar-refractivity contribution in [3.05, 3.63) is 24.2 Å². The first-order valence-electron chi connectivity index (χ1n) is 8.43. The van der Waals surface area contributed by atoms with E-state index in [1.165, 1.54) is 32.1 Å². The average molecular weight is 321 g/mol. The Balaban J connectivity index is 1.55. The molecule has 2 N–H and O–H groups in total. The monoisotopic (exact) mass is 321 g/mol. The number of rotatable bonds is 7. The third-order valence-corrected chi connectivity index (χ3v) is 4.24. The van der Waals surface area contributed by atoms with Crippen LogP contribution in [0.3, 0.4) is 0 Å². The number of amides is 3. The fourth-order valence-electron chi connectivity index (χ4n) is 2.94. The molecule has 6 nitrogen and oxygen atoms in total. The maximum atomic E-state index is 11.9. The van der Waals surface area contributed by atoms with Gasteiger partial charge in [-0.2, -0.15) is 0 Å². The number of carbonyl (C=O) groups excluding carboxylic acids is 2. The molecule has 0 unspecified atom stereocenters. The van der Waals surface area contributed by atoms with Gasteiger partial charge in [0.2, 0.25) is 5.91 Å². The summed E-state index contributed by atoms with van der Waals surface area (Å²) in [6.07, 6.45) is 8.33. The molecule has 0 saturated heterocycles. The van der Waals surface area contributed by atoms with E-state index >= 15 is 0 Å². The smallest absolute Gasteiger partial charge is 0.317 e. The zero-order chi connectivity index (χ0) is 16.5. The molecule has 1 aliphatic carbocycles. The summed E-state index contributed by atoms with van der Waals surface area (Å²) in [6, 6.07) is 3.45. The molecular formula is C17H27N3O3. The molecule has 1 aliphatic rings. The molecule has 1 aromatic heterocycles. The molecule has 0 radical (unpaired) electrons. The zero-order valence-corrected chi connectivity index (χ0v) is 13.8. The summed E-state index contributed by atoms with van der Waals surface area (Å²) in [7, 11) is 1.71. The van der Waals surface area contributed by atoms with Gasteiger partial charge in [-0.25, -0.2) is 4.79 Å². The van der Waals surface area contributed by atoms with Gasteiger partial charge < -0.3 is 20.0 Å². The molecule has 0 aliphatic heterocycles. The molecular weight excluding hydrogens is 294 g/mol. The van der Waals surface area contributed by atoms with Crippen molar-refractivity contribution in [3.63, 3.8) is 0 Å². The Morgan fingerprint density at radius 2 is 1.96 bits per heavy atom. The molecule has 1 aromatic rings. The van der Waals surface area contributed by atoms with Gasteiger partial charge in [0, 0.05) is 26.6 Å². The highest BCUT2D eigenvalue weighted by Crippen LogP contribution is 2.25. The molecule has 0 spiro atoms. The van der Waals surface area contributed by atoms with Gasteiger partial charge in [-0.05, 0) is 30.9 Å². The van der Waals surface area contributed by atoms with Gasteiger partial charge in [0.1, 0.15) is 5.76 Å². The first-order chi connectivity index (χ1) is 11.1. The molecule has 2 rings (SSSR count). The van der Waals surface area contributed by atoms with E-state index in [9.17, 15) is 9.59 Å². The van der Waals surface area contributed by atoms with E-state index in [2.05, 4.69) is 10.6 Å². The highest BCUT2D eigenvalue weighted by molar-refractivity contribution is 5.76. The summed E-state index contributed by atoms with van der Waals surface area (Å²) >= 11 is 0. The normalized spacial score (nSPS) is 15.2. The minimum absolute atomic E-state index is 0.0927. The van der Waals surface area contributed by atoms with E-state index in [-0.39, 0.29) is 11.9 Å². The summed E-state index contributed by atoms with van der Waals surface area (Å²) in [5.41, 5.74) is 0. The third-order valence-electron chi connectivity index (χ3n) is 4.24. The lowest BCUT2D eigenvalue weighted by atomic mass is 9.87. The molecule has 0 atom stereocenters. The summed E-state index contributed by atoms with van der Waals surface area (Å²) in [4.78, 5) is 25.3. The van der Waals surface area contributed by atoms with Gasteiger partial charge in [-0.15, -0.1) is 0 Å². The molecule has 23 heavy (non-hydrogen) atoms. The highest BCUT2D eigenvalue weighted by atomic mass is 16.3. The highest BCUT2D eigenvalue weighted by Gasteiger charge is 2.16. The summed E-state index contributed by atoms with van der Waals surface area (Å²) in [5.74, 6) is 1.37. The first kappa shape index (κ1) is 17.4. The van der Waals surface area contributed by atoms with Crippen molar-refractivity contribution in [2.45, 2.75) is 45.1 Å². The van der Waals surface area contributed by atoms with Crippen LogP contribution >= 0.6 is 0 Å². The van der Waals surface area contributed by atoms with Crippen LogP contribution in [0.2, 0.25) is 0 Å². The standard InChI is InChI=1S/C17H27N3O3/c1-20(13-15-8-5-11-23-15)17(22)19-10-9-18-16(21)12-14-6-3-2-4-7-14/h5,8,11,14H,2-4,6-7,9-10,12-13H2,1H3,(H,18,21)(H,19,22). The van der Waals surface area contributed by atoms with E-state index in [0.29, 0.717) is 32.0 Å². The lowest BCUT2D eigenvalue weighted by Gasteiger charge is -2.21. The van der Waals surface area contributed by atoms with E-state index in [1.54, 1.807) is 24.3 Å². The minimum atomic E-state index is -0.178. The Morgan fingerprint density at radius 1 is 1.22 bits per heavy atom. The van der Waals surface area contributed by atoms with Crippen molar-refractivity contribution < 1.29 is 14.0 Å². The van der Waals surface area contributed by atoms with Crippen molar-refractivity contribution in [3.8, 4) is 0 Å². The Labute approximate surface area is 137 Å². The lowest BCUT2D eigenvalue weighted by Crippen LogP contribution is -2.41. The van der Waals surface area contributed by atoms with Crippen LogP contribution in [0.5, 0.6) is 0 Å². The van der Waals surface area contributed by atoms with Crippen molar-refractivity contribution in [1.82, 2.24) is 15.5 Å². The van der Waals surface area contributed by atoms with E-state index < -0.39 is 0 Å². The van der Waals surface area contributed by atoms with Crippen LogP contribution in [0, 0.1) is 5.92 Å². The van der Waals surface area contributed by atoms with Gasteiger partial charge in [0.25, 0.3) is 0 Å². The largest absolute Gasteiger partial charge is 0.467 e. The second-order valence-electron chi connectivity index (χ2n) is 6.23. The SMILES string of the molecule is CN(Cc1ccco1)C(=O)NCCNC(=O)CC1CCCCC1. The fourth-order valence-corrected chi connectivity index (χ4v) is 2.94. The first-order valence-corrected chi connectivity index (χ1v) is 8.43. The number of hydrogen-bond acceptors (Lipinski definition) is 3. The van der Waals surface area contributed by atoms with Crippen molar-refractivity contribution in [2.75, 3.05) is 20.1 Å². The average Bonchev–Trinajstić information content (AvgIpc) is 3.05. The third kappa shape index (κ3) is 6.34.